The molecule has 0 saturated carbocycles. The SMILES string of the molecule is O/N=C/C=N\Nc1ccccc1. The number of hydrazone groups is 1. The van der Waals surface area contributed by atoms with Crippen LogP contribution in [-0.2, 0) is 0 Å². The Morgan fingerprint density at radius 1 is 1.17 bits per heavy atom. The summed E-state index contributed by atoms with van der Waals surface area (Å²) in [5.41, 5.74) is 3.64. The van der Waals surface area contributed by atoms with Crippen molar-refractivity contribution in [3.05, 3.63) is 30.3 Å². The van der Waals surface area contributed by atoms with Crippen molar-refractivity contribution >= 4 is 18.1 Å². The van der Waals surface area contributed by atoms with E-state index >= 15 is 0 Å². The minimum Gasteiger partial charge on any atom is -0.411 e. The van der Waals surface area contributed by atoms with E-state index in [-0.39, 0.29) is 0 Å². The number of oxime groups is 1. The van der Waals surface area contributed by atoms with E-state index in [1.807, 2.05) is 30.3 Å². The Kier molecular flexibility index (Phi) is 3.37. The number of hydrogen-bond donors (Lipinski definition) is 2. The second kappa shape index (κ2) is 4.90. The summed E-state index contributed by atoms with van der Waals surface area (Å²) in [6.45, 7) is 0. The van der Waals surface area contributed by atoms with Gasteiger partial charge in [0.05, 0.1) is 18.1 Å². The van der Waals surface area contributed by atoms with Gasteiger partial charge < -0.3 is 5.21 Å². The third kappa shape index (κ3) is 2.83. The van der Waals surface area contributed by atoms with Crippen LogP contribution in [0.5, 0.6) is 0 Å². The maximum atomic E-state index is 8.01. The van der Waals surface area contributed by atoms with Gasteiger partial charge in [-0.2, -0.15) is 5.10 Å². The van der Waals surface area contributed by atoms with Gasteiger partial charge >= 0.3 is 0 Å². The molecule has 0 amide bonds. The zero-order chi connectivity index (χ0) is 8.65. The van der Waals surface area contributed by atoms with Gasteiger partial charge in [0.15, 0.2) is 0 Å². The first kappa shape index (κ1) is 8.26. The average molecular weight is 163 g/mol. The number of nitrogens with zero attached hydrogens (tertiary/aromatic N) is 2. The summed E-state index contributed by atoms with van der Waals surface area (Å²) < 4.78 is 0. The molecule has 0 saturated heterocycles. The molecule has 1 aromatic carbocycles. The van der Waals surface area contributed by atoms with Gasteiger partial charge in [0.1, 0.15) is 0 Å². The second-order valence-corrected chi connectivity index (χ2v) is 2.02. The van der Waals surface area contributed by atoms with Crippen molar-refractivity contribution < 1.29 is 5.21 Å². The summed E-state index contributed by atoms with van der Waals surface area (Å²) in [6, 6.07) is 9.49. The normalized spacial score (nSPS) is 11.0. The molecule has 0 aliphatic carbocycles. The second-order valence-electron chi connectivity index (χ2n) is 2.02. The van der Waals surface area contributed by atoms with Crippen LogP contribution < -0.4 is 5.43 Å². The number of anilines is 1. The Morgan fingerprint density at radius 2 is 1.92 bits per heavy atom. The van der Waals surface area contributed by atoms with E-state index in [4.69, 9.17) is 5.21 Å². The molecule has 0 radical (unpaired) electrons. The molecule has 0 unspecified atom stereocenters. The number of nitrogens with one attached hydrogen (secondary N) is 1. The van der Waals surface area contributed by atoms with E-state index in [9.17, 15) is 0 Å². The highest BCUT2D eigenvalue weighted by Gasteiger charge is 1.82. The van der Waals surface area contributed by atoms with Crippen LogP contribution in [0, 0.1) is 0 Å². The first-order chi connectivity index (χ1) is 5.93. The number of para-hydroxylation sites is 1. The highest BCUT2D eigenvalue weighted by molar-refractivity contribution is 6.15. The summed E-state index contributed by atoms with van der Waals surface area (Å²) in [4.78, 5) is 0. The summed E-state index contributed by atoms with van der Waals surface area (Å²) in [5.74, 6) is 0. The van der Waals surface area contributed by atoms with Crippen molar-refractivity contribution in [2.45, 2.75) is 0 Å². The first-order valence-corrected chi connectivity index (χ1v) is 3.43. The molecule has 12 heavy (non-hydrogen) atoms. The Hall–Kier alpha value is -1.84. The molecule has 2 N–H and O–H groups in total. The van der Waals surface area contributed by atoms with Gasteiger partial charge in [-0.3, -0.25) is 5.43 Å². The van der Waals surface area contributed by atoms with Gasteiger partial charge in [0.2, 0.25) is 0 Å². The topological polar surface area (TPSA) is 57.0 Å². The van der Waals surface area contributed by atoms with Crippen molar-refractivity contribution in [3.8, 4) is 0 Å². The maximum absolute atomic E-state index is 8.01. The average Bonchev–Trinajstić information content (AvgIpc) is 2.14. The molecule has 0 bridgehead atoms. The van der Waals surface area contributed by atoms with Crippen LogP contribution in [-0.4, -0.2) is 17.6 Å². The molecule has 0 heterocycles. The molecule has 0 aliphatic rings. The van der Waals surface area contributed by atoms with E-state index in [1.54, 1.807) is 0 Å². The monoisotopic (exact) mass is 163 g/mol. The standard InChI is InChI=1S/C8H9N3O/c12-10-7-6-9-11-8-4-2-1-3-5-8/h1-7,11-12H/b9-6-,10-7+. The number of hydrogen-bond acceptors (Lipinski definition) is 4. The lowest BCUT2D eigenvalue weighted by Gasteiger charge is -1.95. The molecule has 1 aromatic rings. The summed E-state index contributed by atoms with van der Waals surface area (Å²) in [7, 11) is 0. The van der Waals surface area contributed by atoms with Crippen molar-refractivity contribution in [2.75, 3.05) is 5.43 Å². The van der Waals surface area contributed by atoms with Crippen molar-refractivity contribution in [1.29, 1.82) is 0 Å². The minimum absolute atomic E-state index is 0.889. The lowest BCUT2D eigenvalue weighted by Crippen LogP contribution is -1.88. The van der Waals surface area contributed by atoms with Crippen molar-refractivity contribution in [3.63, 3.8) is 0 Å². The fraction of sp³-hybridized carbons (Fsp3) is 0. The number of rotatable bonds is 3. The van der Waals surface area contributed by atoms with Crippen molar-refractivity contribution in [1.82, 2.24) is 0 Å². The van der Waals surface area contributed by atoms with E-state index in [0.29, 0.717) is 0 Å². The number of benzene rings is 1. The van der Waals surface area contributed by atoms with Gasteiger partial charge in [-0.1, -0.05) is 23.4 Å². The van der Waals surface area contributed by atoms with Crippen LogP contribution in [0.15, 0.2) is 40.6 Å². The zero-order valence-corrected chi connectivity index (χ0v) is 6.38. The van der Waals surface area contributed by atoms with Crippen LogP contribution >= 0.6 is 0 Å². The highest BCUT2D eigenvalue weighted by atomic mass is 16.4. The Balaban J connectivity index is 2.43. The molecule has 0 atom stereocenters. The molecule has 1 rings (SSSR count). The highest BCUT2D eigenvalue weighted by Crippen LogP contribution is 2.03. The van der Waals surface area contributed by atoms with Gasteiger partial charge in [0, 0.05) is 0 Å². The summed E-state index contributed by atoms with van der Waals surface area (Å²) in [5, 5.41) is 14.5. The van der Waals surface area contributed by atoms with E-state index in [2.05, 4.69) is 15.7 Å². The summed E-state index contributed by atoms with van der Waals surface area (Å²) in [6.07, 6.45) is 2.53. The minimum atomic E-state index is 0.889. The molecular formula is C8H9N3O. The lowest BCUT2D eigenvalue weighted by atomic mass is 10.3. The molecule has 4 heteroatoms. The Bertz CT molecular complexity index is 269. The molecule has 4 nitrogen and oxygen atoms in total. The van der Waals surface area contributed by atoms with Crippen molar-refractivity contribution in [2.24, 2.45) is 10.3 Å². The van der Waals surface area contributed by atoms with Crippen LogP contribution in [0.25, 0.3) is 0 Å². The maximum Gasteiger partial charge on any atom is 0.0862 e. The molecule has 62 valence electrons. The predicted octanol–water partition coefficient (Wildman–Crippen LogP) is 1.54. The largest absolute Gasteiger partial charge is 0.411 e. The van der Waals surface area contributed by atoms with Gasteiger partial charge in [-0.15, -0.1) is 0 Å². The quantitative estimate of drug-likeness (QED) is 0.403. The van der Waals surface area contributed by atoms with Crippen LogP contribution in [0.2, 0.25) is 0 Å². The molecule has 0 aliphatic heterocycles. The molecule has 0 fully saturated rings. The van der Waals surface area contributed by atoms with Gasteiger partial charge in [-0.05, 0) is 12.1 Å². The summed E-state index contributed by atoms with van der Waals surface area (Å²) >= 11 is 0. The molecule has 0 aromatic heterocycles. The van der Waals surface area contributed by atoms with Gasteiger partial charge in [-0.25, -0.2) is 0 Å². The molecular weight excluding hydrogens is 154 g/mol. The zero-order valence-electron chi connectivity index (χ0n) is 6.38. The van der Waals surface area contributed by atoms with Crippen LogP contribution in [0.4, 0.5) is 5.69 Å². The first-order valence-electron chi connectivity index (χ1n) is 3.43. The van der Waals surface area contributed by atoms with Crippen LogP contribution in [0.1, 0.15) is 0 Å². The van der Waals surface area contributed by atoms with E-state index in [0.717, 1.165) is 5.69 Å². The fourth-order valence-electron chi connectivity index (χ4n) is 0.688. The third-order valence-electron chi connectivity index (χ3n) is 1.18. The Morgan fingerprint density at radius 3 is 2.58 bits per heavy atom. The van der Waals surface area contributed by atoms with Gasteiger partial charge in [0.25, 0.3) is 0 Å². The van der Waals surface area contributed by atoms with Crippen LogP contribution in [0.3, 0.4) is 0 Å². The molecule has 0 spiro atoms. The van der Waals surface area contributed by atoms with E-state index in [1.165, 1.54) is 12.4 Å². The Labute approximate surface area is 70.2 Å². The predicted molar refractivity (Wildman–Crippen MR) is 48.8 cm³/mol. The fourth-order valence-corrected chi connectivity index (χ4v) is 0.688. The smallest absolute Gasteiger partial charge is 0.0862 e. The van der Waals surface area contributed by atoms with E-state index < -0.39 is 0 Å². The third-order valence-corrected chi connectivity index (χ3v) is 1.18. The lowest BCUT2D eigenvalue weighted by molar-refractivity contribution is 0.322.